The zero-order valence-electron chi connectivity index (χ0n) is 11.9. The molecule has 1 aromatic carbocycles. The number of likely N-dealkylation sites (tertiary alicyclic amines) is 1. The Bertz CT molecular complexity index is 394. The molecule has 0 aliphatic carbocycles. The number of Topliss-reactive ketones (excluding diaryl/α,β-unsaturated/α-hetero) is 1. The fraction of sp³-hybridized carbons (Fsp3) is 0.533. The van der Waals surface area contributed by atoms with Crippen LogP contribution >= 0.6 is 0 Å². The molecule has 1 fully saturated rings. The molecule has 1 aliphatic rings. The monoisotopic (exact) mass is 265 g/mol. The van der Waals surface area contributed by atoms with Crippen molar-refractivity contribution in [2.24, 2.45) is 0 Å². The lowest BCUT2D eigenvalue weighted by molar-refractivity contribution is -0.117. The second kappa shape index (κ2) is 7.38. The van der Waals surface area contributed by atoms with E-state index in [1.165, 1.54) is 0 Å². The van der Waals surface area contributed by atoms with E-state index >= 15 is 0 Å². The first kappa shape index (κ1) is 15.8. The van der Waals surface area contributed by atoms with Crippen molar-refractivity contribution >= 4 is 5.78 Å². The maximum atomic E-state index is 11.7. The smallest absolute Gasteiger partial charge is 0.149 e. The summed E-state index contributed by atoms with van der Waals surface area (Å²) in [7, 11) is 1.61. The van der Waals surface area contributed by atoms with E-state index in [0.29, 0.717) is 13.0 Å². The molecule has 1 saturated heterocycles. The number of rotatable bonds is 4. The Morgan fingerprint density at radius 3 is 2.47 bits per heavy atom. The van der Waals surface area contributed by atoms with Gasteiger partial charge in [0.2, 0.25) is 0 Å². The Labute approximate surface area is 115 Å². The van der Waals surface area contributed by atoms with Gasteiger partial charge in [0, 0.05) is 13.5 Å². The Balaban J connectivity index is 0.000000861. The van der Waals surface area contributed by atoms with Gasteiger partial charge in [-0.1, -0.05) is 44.2 Å². The average molecular weight is 265 g/mol. The largest absolute Gasteiger partial charge is 0.382 e. The highest BCUT2D eigenvalue weighted by atomic mass is 16.5. The third kappa shape index (κ3) is 3.21. The Morgan fingerprint density at radius 2 is 1.95 bits per heavy atom. The summed E-state index contributed by atoms with van der Waals surface area (Å²) in [5.74, 6) is 0.139. The summed E-state index contributed by atoms with van der Waals surface area (Å²) in [4.78, 5) is 13.4. The number of hydrogen-bond donors (Lipinski definition) is 1. The summed E-state index contributed by atoms with van der Waals surface area (Å²) in [6.45, 7) is 4.56. The average Bonchev–Trinajstić information content (AvgIpc) is 2.79. The molecule has 0 spiro atoms. The molecule has 4 nitrogen and oxygen atoms in total. The molecule has 1 aliphatic heterocycles. The van der Waals surface area contributed by atoms with Crippen LogP contribution in [0.1, 0.15) is 25.8 Å². The van der Waals surface area contributed by atoms with E-state index in [0.717, 1.165) is 5.56 Å². The molecule has 4 heteroatoms. The van der Waals surface area contributed by atoms with Gasteiger partial charge in [0.15, 0.2) is 0 Å². The van der Waals surface area contributed by atoms with Gasteiger partial charge in [-0.2, -0.15) is 0 Å². The molecule has 0 amide bonds. The fourth-order valence-electron chi connectivity index (χ4n) is 2.54. The van der Waals surface area contributed by atoms with E-state index in [2.05, 4.69) is 0 Å². The topological polar surface area (TPSA) is 49.8 Å². The molecule has 1 N–H and O–H groups in total. The van der Waals surface area contributed by atoms with Crippen LogP contribution in [0.4, 0.5) is 0 Å². The summed E-state index contributed by atoms with van der Waals surface area (Å²) in [6, 6.07) is 9.75. The molecule has 0 saturated carbocycles. The third-order valence-electron chi connectivity index (χ3n) is 3.33. The lowest BCUT2D eigenvalue weighted by Crippen LogP contribution is -2.45. The molecule has 1 aromatic rings. The van der Waals surface area contributed by atoms with Crippen molar-refractivity contribution in [3.05, 3.63) is 35.9 Å². The first-order valence-corrected chi connectivity index (χ1v) is 6.65. The van der Waals surface area contributed by atoms with Crippen LogP contribution in [0.15, 0.2) is 30.3 Å². The molecule has 106 valence electrons. The minimum atomic E-state index is -0.512. The summed E-state index contributed by atoms with van der Waals surface area (Å²) in [6.07, 6.45) is 0.394. The zero-order chi connectivity index (χ0) is 14.3. The number of carbonyl (C=O) groups is 1. The predicted molar refractivity (Wildman–Crippen MR) is 74.8 cm³/mol. The van der Waals surface area contributed by atoms with Crippen LogP contribution in [0.3, 0.4) is 0 Å². The van der Waals surface area contributed by atoms with Gasteiger partial charge in [-0.05, 0) is 5.56 Å². The number of aliphatic hydroxyl groups excluding tert-OH is 1. The minimum Gasteiger partial charge on any atom is -0.382 e. The molecule has 19 heavy (non-hydrogen) atoms. The van der Waals surface area contributed by atoms with Crippen molar-refractivity contribution in [1.29, 1.82) is 0 Å². The molecule has 0 aromatic heterocycles. The lowest BCUT2D eigenvalue weighted by Gasteiger charge is -2.36. The predicted octanol–water partition coefficient (Wildman–Crippen LogP) is 1.78. The maximum Gasteiger partial charge on any atom is 0.149 e. The fourth-order valence-corrected chi connectivity index (χ4v) is 2.54. The Kier molecular flexibility index (Phi) is 6.15. The summed E-state index contributed by atoms with van der Waals surface area (Å²) in [5, 5.41) is 9.43. The van der Waals surface area contributed by atoms with Crippen molar-refractivity contribution in [2.45, 2.75) is 25.8 Å². The molecule has 1 atom stereocenters. The molecule has 2 rings (SSSR count). The number of aliphatic hydroxyl groups is 1. The van der Waals surface area contributed by atoms with Gasteiger partial charge in [0.05, 0.1) is 25.4 Å². The number of carbonyl (C=O) groups excluding carboxylic acids is 1. The van der Waals surface area contributed by atoms with Crippen molar-refractivity contribution in [3.8, 4) is 0 Å². The van der Waals surface area contributed by atoms with E-state index in [-0.39, 0.29) is 19.1 Å². The quantitative estimate of drug-likeness (QED) is 0.901. The van der Waals surface area contributed by atoms with Crippen LogP contribution in [-0.2, 0) is 15.1 Å². The summed E-state index contributed by atoms with van der Waals surface area (Å²) < 4.78 is 5.26. The molecule has 1 unspecified atom stereocenters. The first-order chi connectivity index (χ1) is 9.23. The second-order valence-electron chi connectivity index (χ2n) is 4.39. The minimum absolute atomic E-state index is 0.135. The number of nitrogens with zero attached hydrogens (tertiary/aromatic N) is 1. The van der Waals surface area contributed by atoms with Crippen molar-refractivity contribution in [3.63, 3.8) is 0 Å². The van der Waals surface area contributed by atoms with E-state index in [9.17, 15) is 9.90 Å². The van der Waals surface area contributed by atoms with E-state index in [1.54, 1.807) is 12.0 Å². The van der Waals surface area contributed by atoms with Crippen LogP contribution in [-0.4, -0.2) is 42.8 Å². The van der Waals surface area contributed by atoms with Crippen LogP contribution in [0.5, 0.6) is 0 Å². The summed E-state index contributed by atoms with van der Waals surface area (Å²) >= 11 is 0. The highest BCUT2D eigenvalue weighted by molar-refractivity contribution is 5.84. The van der Waals surface area contributed by atoms with Crippen molar-refractivity contribution in [1.82, 2.24) is 4.90 Å². The molecule has 0 bridgehead atoms. The second-order valence-corrected chi connectivity index (χ2v) is 4.39. The standard InChI is InChI=1S/C13H17NO3.C2H6/c1-17-9-13(11-5-3-2-4-6-11)7-12(16)8-14(13)10-15;1-2/h2-6,15H,7-10H2,1H3;1-2H3. The normalized spacial score (nSPS) is 23.1. The van der Waals surface area contributed by atoms with Gasteiger partial charge in [-0.3, -0.25) is 9.69 Å². The van der Waals surface area contributed by atoms with E-state index in [1.807, 2.05) is 44.2 Å². The van der Waals surface area contributed by atoms with E-state index in [4.69, 9.17) is 4.74 Å². The number of benzene rings is 1. The molecule has 1 heterocycles. The Hall–Kier alpha value is -1.23. The number of ether oxygens (including phenoxy) is 1. The van der Waals surface area contributed by atoms with E-state index < -0.39 is 5.54 Å². The first-order valence-electron chi connectivity index (χ1n) is 6.65. The third-order valence-corrected chi connectivity index (χ3v) is 3.33. The van der Waals surface area contributed by atoms with Crippen molar-refractivity contribution < 1.29 is 14.6 Å². The zero-order valence-corrected chi connectivity index (χ0v) is 11.9. The molecular formula is C15H23NO3. The Morgan fingerprint density at radius 1 is 1.32 bits per heavy atom. The van der Waals surface area contributed by atoms with Gasteiger partial charge < -0.3 is 9.84 Å². The van der Waals surface area contributed by atoms with Crippen LogP contribution < -0.4 is 0 Å². The van der Waals surface area contributed by atoms with Gasteiger partial charge >= 0.3 is 0 Å². The van der Waals surface area contributed by atoms with Gasteiger partial charge in [0.25, 0.3) is 0 Å². The van der Waals surface area contributed by atoms with Gasteiger partial charge in [-0.25, -0.2) is 0 Å². The van der Waals surface area contributed by atoms with Gasteiger partial charge in [0.1, 0.15) is 5.78 Å². The maximum absolute atomic E-state index is 11.7. The highest BCUT2D eigenvalue weighted by Gasteiger charge is 2.46. The van der Waals surface area contributed by atoms with Crippen molar-refractivity contribution in [2.75, 3.05) is 27.0 Å². The number of methoxy groups -OCH3 is 1. The summed E-state index contributed by atoms with van der Waals surface area (Å²) in [5.41, 5.74) is 0.503. The number of hydrogen-bond acceptors (Lipinski definition) is 4. The SMILES string of the molecule is CC.COCC1(c2ccccc2)CC(=O)CN1CO. The van der Waals surface area contributed by atoms with Crippen LogP contribution in [0.2, 0.25) is 0 Å². The number of ketones is 1. The van der Waals surface area contributed by atoms with Gasteiger partial charge in [-0.15, -0.1) is 0 Å². The molecular weight excluding hydrogens is 242 g/mol. The highest BCUT2D eigenvalue weighted by Crippen LogP contribution is 2.37. The van der Waals surface area contributed by atoms with Crippen LogP contribution in [0, 0.1) is 0 Å². The lowest BCUT2D eigenvalue weighted by atomic mass is 9.88. The molecule has 0 radical (unpaired) electrons. The van der Waals surface area contributed by atoms with Crippen LogP contribution in [0.25, 0.3) is 0 Å².